The highest BCUT2D eigenvalue weighted by atomic mass is 16.7. The highest BCUT2D eigenvalue weighted by Crippen LogP contribution is 2.73. The molecule has 5 aliphatic rings. The van der Waals surface area contributed by atoms with Crippen LogP contribution in [0.4, 0.5) is 0 Å². The first-order valence-corrected chi connectivity index (χ1v) is 12.8. The minimum absolute atomic E-state index is 0.00905. The first-order valence-electron chi connectivity index (χ1n) is 12.8. The first kappa shape index (κ1) is 25.1. The second-order valence-corrected chi connectivity index (χ2v) is 12.5. The van der Waals surface area contributed by atoms with Crippen LogP contribution in [0.5, 0.6) is 0 Å². The summed E-state index contributed by atoms with van der Waals surface area (Å²) in [6.07, 6.45) is -1.68. The Morgan fingerprint density at radius 1 is 1.00 bits per heavy atom. The second-order valence-electron chi connectivity index (χ2n) is 12.5. The van der Waals surface area contributed by atoms with Crippen molar-refractivity contribution in [2.75, 3.05) is 0 Å². The highest BCUT2D eigenvalue weighted by Gasteiger charge is 2.68. The fourth-order valence-electron chi connectivity index (χ4n) is 8.98. The molecule has 1 saturated heterocycles. The van der Waals surface area contributed by atoms with E-state index in [1.165, 1.54) is 0 Å². The lowest BCUT2D eigenvalue weighted by molar-refractivity contribution is -0.292. The summed E-state index contributed by atoms with van der Waals surface area (Å²) in [6.45, 7) is 8.35. The zero-order chi connectivity index (χ0) is 25.6. The molecule has 5 rings (SSSR count). The SMILES string of the molecule is C=C1C[C@@]23CC[C@H]4[C@@](C)(CCC[C@@]4(C)C(=O)OC4OC(C(=O)O)C(O)C(O)C4O)[C@@H]2CC[C@]1(O)C3. The smallest absolute Gasteiger partial charge is 0.335 e. The van der Waals surface area contributed by atoms with Crippen LogP contribution in [0.15, 0.2) is 12.2 Å². The molecule has 0 aromatic carbocycles. The van der Waals surface area contributed by atoms with Gasteiger partial charge in [0.05, 0.1) is 11.0 Å². The standard InChI is InChI=1S/C26H38O9/c1-13-11-25-9-5-14-23(2,15(25)6-10-26(13,33)12-25)7-4-8-24(14,3)22(32)35-21-18(29)16(27)17(28)19(34-21)20(30)31/h14-19,21,27-29,33H,1,4-12H2,2-3H3,(H,30,31)/t14-,15-,16?,17?,18?,19?,21?,23+,24+,25+,26-/m0/s1. The van der Waals surface area contributed by atoms with Crippen molar-refractivity contribution < 1.29 is 44.6 Å². The number of carbonyl (C=O) groups excluding carboxylic acids is 1. The summed E-state index contributed by atoms with van der Waals surface area (Å²) in [5, 5.41) is 50.8. The quantitative estimate of drug-likeness (QED) is 0.290. The molecule has 1 aliphatic heterocycles. The van der Waals surface area contributed by atoms with Crippen LogP contribution in [0.2, 0.25) is 0 Å². The summed E-state index contributed by atoms with van der Waals surface area (Å²) in [5.41, 5.74) is -0.827. The second kappa shape index (κ2) is 7.99. The average Bonchev–Trinajstić information content (AvgIpc) is 2.96. The molecule has 1 heterocycles. The van der Waals surface area contributed by atoms with Crippen molar-refractivity contribution in [1.29, 1.82) is 0 Å². The molecule has 2 bridgehead atoms. The topological polar surface area (TPSA) is 154 Å². The molecule has 9 nitrogen and oxygen atoms in total. The summed E-state index contributed by atoms with van der Waals surface area (Å²) < 4.78 is 10.8. The third kappa shape index (κ3) is 3.45. The van der Waals surface area contributed by atoms with E-state index in [1.54, 1.807) is 0 Å². The maximum absolute atomic E-state index is 13.7. The molecule has 0 aromatic rings. The molecule has 1 spiro atoms. The van der Waals surface area contributed by atoms with Crippen LogP contribution in [0.1, 0.15) is 71.6 Å². The Morgan fingerprint density at radius 3 is 2.37 bits per heavy atom. The molecule has 9 heteroatoms. The minimum Gasteiger partial charge on any atom is -0.479 e. The number of aliphatic hydroxyl groups excluding tert-OH is 3. The Kier molecular flexibility index (Phi) is 5.74. The van der Waals surface area contributed by atoms with Crippen molar-refractivity contribution in [3.8, 4) is 0 Å². The lowest BCUT2D eigenvalue weighted by Crippen LogP contribution is -2.62. The van der Waals surface area contributed by atoms with Gasteiger partial charge in [0, 0.05) is 0 Å². The maximum atomic E-state index is 13.7. The van der Waals surface area contributed by atoms with Crippen LogP contribution >= 0.6 is 0 Å². The molecule has 4 saturated carbocycles. The number of ether oxygens (including phenoxy) is 2. The van der Waals surface area contributed by atoms with Gasteiger partial charge >= 0.3 is 11.9 Å². The van der Waals surface area contributed by atoms with Gasteiger partial charge in [-0.25, -0.2) is 4.79 Å². The molecule has 5 fully saturated rings. The Morgan fingerprint density at radius 2 is 1.69 bits per heavy atom. The number of carboxylic acids is 1. The van der Waals surface area contributed by atoms with E-state index in [0.717, 1.165) is 50.5 Å². The molecule has 0 radical (unpaired) electrons. The van der Waals surface area contributed by atoms with Crippen LogP contribution in [-0.4, -0.2) is 73.8 Å². The summed E-state index contributed by atoms with van der Waals surface area (Å²) in [7, 11) is 0. The van der Waals surface area contributed by atoms with E-state index in [0.29, 0.717) is 18.8 Å². The molecule has 0 aromatic heterocycles. The fraction of sp³-hybridized carbons (Fsp3) is 0.846. The molecule has 4 aliphatic carbocycles. The molecular formula is C26H38O9. The zero-order valence-corrected chi connectivity index (χ0v) is 20.5. The number of aliphatic carboxylic acids is 1. The van der Waals surface area contributed by atoms with Gasteiger partial charge in [-0.3, -0.25) is 4.79 Å². The van der Waals surface area contributed by atoms with Crippen molar-refractivity contribution in [2.24, 2.45) is 28.1 Å². The summed E-state index contributed by atoms with van der Waals surface area (Å²) in [5.74, 6) is -1.73. The number of esters is 1. The molecule has 5 N–H and O–H groups in total. The molecule has 0 amide bonds. The van der Waals surface area contributed by atoms with E-state index in [2.05, 4.69) is 13.5 Å². The van der Waals surface area contributed by atoms with E-state index < -0.39 is 53.7 Å². The normalized spacial score (nSPS) is 53.4. The van der Waals surface area contributed by atoms with Gasteiger partial charge in [0.1, 0.15) is 18.3 Å². The lowest BCUT2D eigenvalue weighted by Gasteiger charge is -2.63. The average molecular weight is 495 g/mol. The number of hydrogen-bond acceptors (Lipinski definition) is 8. The summed E-state index contributed by atoms with van der Waals surface area (Å²) in [4.78, 5) is 25.1. The Balaban J connectivity index is 1.39. The van der Waals surface area contributed by atoms with Crippen molar-refractivity contribution >= 4 is 11.9 Å². The van der Waals surface area contributed by atoms with Gasteiger partial charge < -0.3 is 35.0 Å². The number of rotatable bonds is 3. The zero-order valence-electron chi connectivity index (χ0n) is 20.5. The third-order valence-corrected chi connectivity index (χ3v) is 10.7. The predicted octanol–water partition coefficient (Wildman–Crippen LogP) is 1.51. The Labute approximate surface area is 205 Å². The maximum Gasteiger partial charge on any atom is 0.335 e. The summed E-state index contributed by atoms with van der Waals surface area (Å²) >= 11 is 0. The lowest BCUT2D eigenvalue weighted by atomic mass is 9.41. The van der Waals surface area contributed by atoms with Crippen LogP contribution in [-0.2, 0) is 19.1 Å². The van der Waals surface area contributed by atoms with Gasteiger partial charge in [-0.2, -0.15) is 0 Å². The van der Waals surface area contributed by atoms with Crippen LogP contribution in [0.25, 0.3) is 0 Å². The van der Waals surface area contributed by atoms with Crippen molar-refractivity contribution in [3.63, 3.8) is 0 Å². The highest BCUT2D eigenvalue weighted by molar-refractivity contribution is 5.77. The monoisotopic (exact) mass is 494 g/mol. The number of carboxylic acid groups (broad SMARTS) is 1. The third-order valence-electron chi connectivity index (χ3n) is 10.7. The first-order chi connectivity index (χ1) is 16.3. The van der Waals surface area contributed by atoms with Gasteiger partial charge in [0.2, 0.25) is 6.29 Å². The van der Waals surface area contributed by atoms with Crippen molar-refractivity contribution in [2.45, 2.75) is 108 Å². The van der Waals surface area contributed by atoms with Gasteiger partial charge in [-0.05, 0) is 86.5 Å². The Bertz CT molecular complexity index is 936. The van der Waals surface area contributed by atoms with E-state index in [9.17, 15) is 35.1 Å². The molecular weight excluding hydrogens is 456 g/mol. The molecule has 5 unspecified atom stereocenters. The van der Waals surface area contributed by atoms with Gasteiger partial charge in [0.15, 0.2) is 6.10 Å². The van der Waals surface area contributed by atoms with E-state index in [1.807, 2.05) is 6.92 Å². The minimum atomic E-state index is -1.84. The molecule has 196 valence electrons. The van der Waals surface area contributed by atoms with E-state index in [-0.39, 0.29) is 16.7 Å². The van der Waals surface area contributed by atoms with Crippen molar-refractivity contribution in [3.05, 3.63) is 12.2 Å². The largest absolute Gasteiger partial charge is 0.479 e. The number of carbonyl (C=O) groups is 2. The predicted molar refractivity (Wildman–Crippen MR) is 122 cm³/mol. The van der Waals surface area contributed by atoms with Crippen LogP contribution in [0, 0.1) is 28.1 Å². The molecule has 35 heavy (non-hydrogen) atoms. The van der Waals surface area contributed by atoms with Crippen molar-refractivity contribution in [1.82, 2.24) is 0 Å². The van der Waals surface area contributed by atoms with Gasteiger partial charge in [0.25, 0.3) is 0 Å². The van der Waals surface area contributed by atoms with Crippen LogP contribution in [0.3, 0.4) is 0 Å². The van der Waals surface area contributed by atoms with E-state index >= 15 is 0 Å². The number of hydrogen-bond donors (Lipinski definition) is 5. The van der Waals surface area contributed by atoms with E-state index in [4.69, 9.17) is 9.47 Å². The summed E-state index contributed by atoms with van der Waals surface area (Å²) in [6, 6.07) is 0. The number of aliphatic hydroxyl groups is 4. The molecule has 11 atom stereocenters. The number of fused-ring (bicyclic) bond motifs is 3. The van der Waals surface area contributed by atoms with Crippen LogP contribution < -0.4 is 0 Å². The van der Waals surface area contributed by atoms with Gasteiger partial charge in [-0.15, -0.1) is 0 Å². The van der Waals surface area contributed by atoms with Gasteiger partial charge in [-0.1, -0.05) is 19.9 Å². The fourth-order valence-corrected chi connectivity index (χ4v) is 8.98. The Hall–Kier alpha value is -1.52.